The number of rotatable bonds is 16. The molecular formula is C128H83FN4O2. The first kappa shape index (κ1) is 79.3. The highest BCUT2D eigenvalue weighted by Crippen LogP contribution is 2.56. The van der Waals surface area contributed by atoms with Crippen LogP contribution in [-0.2, 0) is 0 Å². The van der Waals surface area contributed by atoms with Gasteiger partial charge in [-0.05, 0) is 307 Å². The number of para-hydroxylation sites is 6. The lowest BCUT2D eigenvalue weighted by molar-refractivity contribution is 0.487. The van der Waals surface area contributed by atoms with Crippen LogP contribution in [0.2, 0.25) is 0 Å². The minimum atomic E-state index is -0.305. The maximum absolute atomic E-state index is 17.2. The third kappa shape index (κ3) is 14.1. The van der Waals surface area contributed by atoms with Crippen molar-refractivity contribution in [3.63, 3.8) is 0 Å². The molecule has 7 heteroatoms. The molecule has 0 saturated heterocycles. The average Bonchev–Trinajstić information content (AvgIpc) is 0.715. The van der Waals surface area contributed by atoms with Gasteiger partial charge < -0.3 is 29.1 Å². The molecule has 0 N–H and O–H groups in total. The van der Waals surface area contributed by atoms with E-state index < -0.39 is 0 Å². The summed E-state index contributed by atoms with van der Waals surface area (Å²) in [6.45, 7) is 0. The van der Waals surface area contributed by atoms with Gasteiger partial charge in [-0.2, -0.15) is 0 Å². The largest absolute Gasteiger partial charge is 0.456 e. The summed E-state index contributed by atoms with van der Waals surface area (Å²) in [5.74, 6) is 3.07. The molecule has 0 bridgehead atoms. The number of anilines is 12. The Morgan fingerprint density at radius 1 is 0.148 bits per heavy atom. The molecule has 0 spiro atoms. The zero-order chi connectivity index (χ0) is 89.4. The molecule has 0 fully saturated rings. The topological polar surface area (TPSA) is 31.4 Å². The zero-order valence-corrected chi connectivity index (χ0v) is 73.4. The Bertz CT molecular complexity index is 8640. The van der Waals surface area contributed by atoms with Crippen molar-refractivity contribution in [2.24, 2.45) is 0 Å². The maximum atomic E-state index is 17.2. The molecular weight excluding hydrogens is 1640 g/mol. The zero-order valence-electron chi connectivity index (χ0n) is 73.4. The fourth-order valence-electron chi connectivity index (χ4n) is 20.7. The number of hydrogen-bond donors (Lipinski definition) is 0. The van der Waals surface area contributed by atoms with Crippen LogP contribution in [-0.4, -0.2) is 0 Å². The van der Waals surface area contributed by atoms with Crippen molar-refractivity contribution >= 4 is 154 Å². The van der Waals surface area contributed by atoms with E-state index in [1.165, 1.54) is 75.9 Å². The first-order valence-electron chi connectivity index (χ1n) is 45.9. The predicted molar refractivity (Wildman–Crippen MR) is 564 cm³/mol. The molecule has 0 radical (unpaired) electrons. The van der Waals surface area contributed by atoms with Gasteiger partial charge in [0.15, 0.2) is 0 Å². The summed E-state index contributed by atoms with van der Waals surface area (Å²) < 4.78 is 31.0. The third-order valence-electron chi connectivity index (χ3n) is 26.8. The fourth-order valence-corrected chi connectivity index (χ4v) is 20.7. The van der Waals surface area contributed by atoms with Crippen molar-refractivity contribution in [3.05, 3.63) is 509 Å². The lowest BCUT2D eigenvalue weighted by Crippen LogP contribution is -2.13. The molecule has 634 valence electrons. The van der Waals surface area contributed by atoms with E-state index in [0.717, 1.165) is 163 Å². The quantitative estimate of drug-likeness (QED) is 0.0897. The fraction of sp³-hybridized carbons (Fsp3) is 0. The van der Waals surface area contributed by atoms with Crippen LogP contribution in [0.1, 0.15) is 0 Å². The van der Waals surface area contributed by atoms with E-state index in [1.807, 2.05) is 95.9 Å². The molecule has 6 nitrogen and oxygen atoms in total. The van der Waals surface area contributed by atoms with Crippen LogP contribution < -0.4 is 29.1 Å². The van der Waals surface area contributed by atoms with Gasteiger partial charge >= 0.3 is 0 Å². The first-order chi connectivity index (χ1) is 66.9. The van der Waals surface area contributed by atoms with Crippen molar-refractivity contribution in [3.8, 4) is 89.8 Å². The molecule has 2 aliphatic heterocycles. The van der Waals surface area contributed by atoms with Gasteiger partial charge in [0, 0.05) is 102 Å². The monoisotopic (exact) mass is 1730 g/mol. The van der Waals surface area contributed by atoms with Crippen molar-refractivity contribution in [1.29, 1.82) is 0 Å². The number of hydrogen-bond acceptors (Lipinski definition) is 6. The van der Waals surface area contributed by atoms with Crippen molar-refractivity contribution < 1.29 is 13.9 Å². The number of ether oxygens (including phenoxy) is 2. The average molecular weight is 1730 g/mol. The van der Waals surface area contributed by atoms with Crippen LogP contribution in [0.15, 0.2) is 504 Å². The minimum Gasteiger partial charge on any atom is -0.456 e. The highest BCUT2D eigenvalue weighted by molar-refractivity contribution is 6.27. The second-order valence-electron chi connectivity index (χ2n) is 34.6. The maximum Gasteiger partial charge on any atom is 0.148 e. The van der Waals surface area contributed by atoms with Crippen molar-refractivity contribution in [1.82, 2.24) is 0 Å². The molecule has 0 amide bonds. The van der Waals surface area contributed by atoms with E-state index in [1.54, 1.807) is 6.07 Å². The number of fused-ring (bicyclic) bond motifs is 15. The highest BCUT2D eigenvalue weighted by atomic mass is 19.1. The highest BCUT2D eigenvalue weighted by Gasteiger charge is 2.30. The van der Waals surface area contributed by atoms with E-state index in [9.17, 15) is 0 Å². The van der Waals surface area contributed by atoms with Gasteiger partial charge in [0.05, 0.1) is 5.69 Å². The summed E-state index contributed by atoms with van der Waals surface area (Å²) >= 11 is 0. The molecule has 0 aromatic heterocycles. The molecule has 24 aromatic carbocycles. The Balaban J connectivity index is 0.000000144. The van der Waals surface area contributed by atoms with E-state index >= 15 is 4.39 Å². The molecule has 24 aromatic rings. The summed E-state index contributed by atoms with van der Waals surface area (Å²) in [6.07, 6.45) is 0. The van der Waals surface area contributed by atoms with Gasteiger partial charge in [0.1, 0.15) is 28.8 Å². The summed E-state index contributed by atoms with van der Waals surface area (Å²) in [4.78, 5) is 8.95. The Kier molecular flexibility index (Phi) is 19.7. The van der Waals surface area contributed by atoms with Crippen LogP contribution >= 0.6 is 0 Å². The minimum absolute atomic E-state index is 0.305. The van der Waals surface area contributed by atoms with Crippen LogP contribution in [0.25, 0.3) is 153 Å². The second-order valence-corrected chi connectivity index (χ2v) is 34.6. The van der Waals surface area contributed by atoms with Gasteiger partial charge in [0.2, 0.25) is 0 Å². The normalized spacial score (nSPS) is 11.7. The summed E-state index contributed by atoms with van der Waals surface area (Å²) in [5.41, 5.74) is 24.5. The van der Waals surface area contributed by atoms with Crippen molar-refractivity contribution in [2.45, 2.75) is 0 Å². The van der Waals surface area contributed by atoms with E-state index in [0.29, 0.717) is 5.69 Å². The molecule has 0 aliphatic carbocycles. The Labute approximate surface area is 781 Å². The molecule has 135 heavy (non-hydrogen) atoms. The lowest BCUT2D eigenvalue weighted by Gasteiger charge is -2.29. The van der Waals surface area contributed by atoms with Gasteiger partial charge in [-0.25, -0.2) is 4.39 Å². The second kappa shape index (κ2) is 33.5. The van der Waals surface area contributed by atoms with Gasteiger partial charge in [-0.3, -0.25) is 0 Å². The number of benzene rings is 24. The molecule has 2 aliphatic rings. The van der Waals surface area contributed by atoms with Crippen LogP contribution in [0, 0.1) is 5.82 Å². The Morgan fingerprint density at radius 3 is 0.904 bits per heavy atom. The summed E-state index contributed by atoms with van der Waals surface area (Å²) in [5, 5.41) is 19.1. The molecule has 0 saturated carbocycles. The Morgan fingerprint density at radius 2 is 0.459 bits per heavy atom. The first-order valence-corrected chi connectivity index (χ1v) is 45.9. The van der Waals surface area contributed by atoms with Crippen molar-refractivity contribution in [2.75, 3.05) is 19.6 Å². The van der Waals surface area contributed by atoms with Gasteiger partial charge in [0.25, 0.3) is 0 Å². The number of halogens is 1. The standard InChI is InChI=1S/C66H43FN2O.C62H40N2O/c67-62-40-47(44-19-6-1-7-20-44)39-58(45-21-8-2-9-22-45)66(62)69(50-27-14-5-15-28-50)51-35-33-46(34-36-51)57-42-60-56-31-18-32-63-65(56)61(43-59(60)54-30-17-16-29-53(54)57)55-38-37-52(41-64(55)70-63)68(48-23-10-3-11-24-48)49-25-12-4-13-26-49;1-4-16-44(17-5-1)63(45-18-6-2-7-19-45)49-34-36-54-59-40-57-53-24-13-12-23-52(53)56(39-58(57)55-25-14-26-60(62(55)59)65-61(54)38-49)42-29-31-47(32-30-42)64(46-20-8-3-9-21-46)48-33-35-51-43(37-48)28-27-41-15-10-11-22-50(41)51/h1-43H;1-40H. The summed E-state index contributed by atoms with van der Waals surface area (Å²) in [7, 11) is 0. The van der Waals surface area contributed by atoms with Crippen LogP contribution in [0.5, 0.6) is 23.0 Å². The Hall–Kier alpha value is -17.9. The SMILES string of the molecule is Fc1cc(-c2ccccc2)cc(-c2ccccc2)c1N(c1ccccc1)c1ccc(-c2cc3c4cccc5c4c(cc3c3ccccc23)-c2ccc(N(c3ccccc3)c3ccccc3)cc2O5)cc1.c1ccc(N(c2ccccc2)c2ccc3c(c2)Oc2cccc4c2c-3cc2c3ccccc3c(-c3ccc(N(c5ccccc5)c5ccc6c(ccc7ccccc76)c5)cc3)cc42)cc1. The van der Waals surface area contributed by atoms with Crippen LogP contribution in [0.3, 0.4) is 0 Å². The lowest BCUT2D eigenvalue weighted by atomic mass is 9.86. The van der Waals surface area contributed by atoms with Gasteiger partial charge in [-0.1, -0.05) is 309 Å². The molecule has 2 heterocycles. The molecule has 26 rings (SSSR count). The predicted octanol–water partition coefficient (Wildman–Crippen LogP) is 36.8. The molecule has 0 unspecified atom stereocenters. The van der Waals surface area contributed by atoms with E-state index in [2.05, 4.69) is 421 Å². The summed E-state index contributed by atoms with van der Waals surface area (Å²) in [6, 6.07) is 177. The third-order valence-corrected chi connectivity index (χ3v) is 26.8. The van der Waals surface area contributed by atoms with Gasteiger partial charge in [-0.15, -0.1) is 0 Å². The smallest absolute Gasteiger partial charge is 0.148 e. The molecule has 0 atom stereocenters. The number of nitrogens with zero attached hydrogens (tertiary/aromatic N) is 4. The van der Waals surface area contributed by atoms with E-state index in [-0.39, 0.29) is 5.82 Å². The van der Waals surface area contributed by atoms with E-state index in [4.69, 9.17) is 9.47 Å². The van der Waals surface area contributed by atoms with Crippen LogP contribution in [0.4, 0.5) is 72.6 Å².